The molecular formula is C17H22N5O2P. The average molecular weight is 359 g/mol. The van der Waals surface area contributed by atoms with Crippen molar-refractivity contribution in [3.05, 3.63) is 36.8 Å². The lowest BCUT2D eigenvalue weighted by Gasteiger charge is -2.11. The fourth-order valence-corrected chi connectivity index (χ4v) is 3.31. The van der Waals surface area contributed by atoms with E-state index in [4.69, 9.17) is 4.74 Å². The van der Waals surface area contributed by atoms with Gasteiger partial charge in [0.1, 0.15) is 25.0 Å². The highest BCUT2D eigenvalue weighted by Crippen LogP contribution is 2.37. The van der Waals surface area contributed by atoms with Crippen molar-refractivity contribution in [1.82, 2.24) is 19.7 Å². The van der Waals surface area contributed by atoms with E-state index < -0.39 is 7.14 Å². The third kappa shape index (κ3) is 4.57. The molecule has 0 atom stereocenters. The molecule has 0 unspecified atom stereocenters. The number of nitrogens with one attached hydrogen (secondary N) is 1. The van der Waals surface area contributed by atoms with Crippen LogP contribution in [0.4, 0.5) is 11.6 Å². The second kappa shape index (κ2) is 6.84. The fraction of sp³-hybridized carbons (Fsp3) is 0.353. The number of anilines is 2. The summed E-state index contributed by atoms with van der Waals surface area (Å²) in [4.78, 5) is 8.61. The van der Waals surface area contributed by atoms with Crippen LogP contribution < -0.4 is 10.1 Å². The van der Waals surface area contributed by atoms with Crippen LogP contribution in [0.25, 0.3) is 10.9 Å². The number of rotatable bonds is 6. The zero-order valence-electron chi connectivity index (χ0n) is 14.8. The zero-order chi connectivity index (χ0) is 18.0. The molecule has 3 aromatic rings. The number of hydrogen-bond acceptors (Lipinski definition) is 6. The van der Waals surface area contributed by atoms with Gasteiger partial charge in [0, 0.05) is 17.6 Å². The van der Waals surface area contributed by atoms with Crippen molar-refractivity contribution in [3.63, 3.8) is 0 Å². The maximum atomic E-state index is 11.9. The fourth-order valence-electron chi connectivity index (χ4n) is 2.46. The first-order valence-electron chi connectivity index (χ1n) is 8.06. The van der Waals surface area contributed by atoms with Gasteiger partial charge in [-0.15, -0.1) is 0 Å². The average Bonchev–Trinajstić information content (AvgIpc) is 2.92. The van der Waals surface area contributed by atoms with Crippen LogP contribution in [0.15, 0.2) is 36.8 Å². The highest BCUT2D eigenvalue weighted by Gasteiger charge is 2.11. The molecule has 1 N–H and O–H groups in total. The molecule has 3 rings (SSSR count). The van der Waals surface area contributed by atoms with Crippen molar-refractivity contribution in [2.75, 3.05) is 18.6 Å². The first kappa shape index (κ1) is 17.4. The van der Waals surface area contributed by atoms with Gasteiger partial charge in [0.05, 0.1) is 17.9 Å². The number of hydrogen-bond donors (Lipinski definition) is 1. The molecule has 2 aromatic heterocycles. The maximum absolute atomic E-state index is 11.9. The van der Waals surface area contributed by atoms with E-state index in [-0.39, 0.29) is 6.10 Å². The molecule has 0 aliphatic carbocycles. The van der Waals surface area contributed by atoms with E-state index in [1.165, 1.54) is 6.33 Å². The van der Waals surface area contributed by atoms with Crippen LogP contribution >= 0.6 is 7.14 Å². The van der Waals surface area contributed by atoms with Crippen LogP contribution in [-0.4, -0.2) is 39.2 Å². The highest BCUT2D eigenvalue weighted by atomic mass is 31.2. The van der Waals surface area contributed by atoms with E-state index >= 15 is 0 Å². The van der Waals surface area contributed by atoms with Crippen LogP contribution in [0.3, 0.4) is 0 Å². The summed E-state index contributed by atoms with van der Waals surface area (Å²) in [6.45, 7) is 7.46. The van der Waals surface area contributed by atoms with Gasteiger partial charge in [-0.2, -0.15) is 5.10 Å². The van der Waals surface area contributed by atoms with E-state index in [1.54, 1.807) is 24.2 Å². The molecule has 132 valence electrons. The first-order valence-corrected chi connectivity index (χ1v) is 10.8. The van der Waals surface area contributed by atoms with Crippen molar-refractivity contribution in [2.45, 2.75) is 26.2 Å². The SMILES string of the molecule is CC(C)Oc1ccc2ncnc(Nc3ccn(CP(C)(C)=O)n3)c2c1. The maximum Gasteiger partial charge on any atom is 0.153 e. The molecule has 7 nitrogen and oxygen atoms in total. The normalized spacial score (nSPS) is 11.9. The molecule has 0 saturated heterocycles. The van der Waals surface area contributed by atoms with Gasteiger partial charge >= 0.3 is 0 Å². The Hall–Kier alpha value is -2.40. The van der Waals surface area contributed by atoms with Gasteiger partial charge in [0.2, 0.25) is 0 Å². The Morgan fingerprint density at radius 3 is 2.76 bits per heavy atom. The van der Waals surface area contributed by atoms with Crippen LogP contribution in [0, 0.1) is 0 Å². The van der Waals surface area contributed by atoms with Gasteiger partial charge in [0.15, 0.2) is 5.82 Å². The number of benzene rings is 1. The van der Waals surface area contributed by atoms with Crippen LogP contribution in [0.1, 0.15) is 13.8 Å². The summed E-state index contributed by atoms with van der Waals surface area (Å²) in [6, 6.07) is 7.55. The topological polar surface area (TPSA) is 81.9 Å². The molecule has 0 fully saturated rings. The summed E-state index contributed by atoms with van der Waals surface area (Å²) in [6.07, 6.45) is 3.81. The van der Waals surface area contributed by atoms with Crippen molar-refractivity contribution in [3.8, 4) is 5.75 Å². The van der Waals surface area contributed by atoms with Crippen molar-refractivity contribution in [1.29, 1.82) is 0 Å². The smallest absolute Gasteiger partial charge is 0.153 e. The molecule has 0 bridgehead atoms. The summed E-state index contributed by atoms with van der Waals surface area (Å²) < 4.78 is 19.4. The monoisotopic (exact) mass is 359 g/mol. The quantitative estimate of drug-likeness (QED) is 0.672. The second-order valence-electron chi connectivity index (χ2n) is 6.65. The summed E-state index contributed by atoms with van der Waals surface area (Å²) in [5, 5.41) is 8.47. The zero-order valence-corrected chi connectivity index (χ0v) is 15.7. The highest BCUT2D eigenvalue weighted by molar-refractivity contribution is 7.61. The minimum absolute atomic E-state index is 0.0907. The molecule has 0 amide bonds. The third-order valence-electron chi connectivity index (χ3n) is 3.35. The minimum atomic E-state index is -2.19. The first-order chi connectivity index (χ1) is 11.8. The summed E-state index contributed by atoms with van der Waals surface area (Å²) in [5.74, 6) is 2.06. The lowest BCUT2D eigenvalue weighted by atomic mass is 10.2. The Labute approximate surface area is 146 Å². The molecule has 0 aliphatic rings. The minimum Gasteiger partial charge on any atom is -0.491 e. The number of fused-ring (bicyclic) bond motifs is 1. The molecule has 25 heavy (non-hydrogen) atoms. The van der Waals surface area contributed by atoms with Gasteiger partial charge in [-0.25, -0.2) is 9.97 Å². The Morgan fingerprint density at radius 1 is 1.24 bits per heavy atom. The predicted octanol–water partition coefficient (Wildman–Crippen LogP) is 3.94. The Balaban J connectivity index is 1.89. The largest absolute Gasteiger partial charge is 0.491 e. The van der Waals surface area contributed by atoms with E-state index in [1.807, 2.05) is 38.1 Å². The van der Waals surface area contributed by atoms with Gasteiger partial charge in [0.25, 0.3) is 0 Å². The third-order valence-corrected chi connectivity index (χ3v) is 4.32. The van der Waals surface area contributed by atoms with Crippen molar-refractivity contribution < 1.29 is 9.30 Å². The van der Waals surface area contributed by atoms with Crippen LogP contribution in [0.5, 0.6) is 5.75 Å². The van der Waals surface area contributed by atoms with Gasteiger partial charge in [-0.1, -0.05) is 0 Å². The van der Waals surface area contributed by atoms with Crippen LogP contribution in [0.2, 0.25) is 0 Å². The molecule has 0 saturated carbocycles. The molecule has 2 heterocycles. The summed E-state index contributed by atoms with van der Waals surface area (Å²) in [7, 11) is -2.19. The standard InChI is InChI=1S/C17H22N5O2P/c1-12(2)24-13-5-6-15-14(9-13)17(19-10-18-15)20-16-7-8-22(21-16)11-25(3,4)23/h5-10,12H,11H2,1-4H3,(H,18,19,20,21). The van der Waals surface area contributed by atoms with Crippen LogP contribution in [-0.2, 0) is 10.9 Å². The summed E-state index contributed by atoms with van der Waals surface area (Å²) >= 11 is 0. The van der Waals surface area contributed by atoms with Gasteiger partial charge in [-0.05, 0) is 45.4 Å². The predicted molar refractivity (Wildman–Crippen MR) is 100 cm³/mol. The number of nitrogens with zero attached hydrogens (tertiary/aromatic N) is 4. The van der Waals surface area contributed by atoms with E-state index in [0.717, 1.165) is 16.7 Å². The lowest BCUT2D eigenvalue weighted by molar-refractivity contribution is 0.243. The Morgan fingerprint density at radius 2 is 2.04 bits per heavy atom. The molecule has 1 aromatic carbocycles. The van der Waals surface area contributed by atoms with E-state index in [2.05, 4.69) is 20.4 Å². The summed E-state index contributed by atoms with van der Waals surface area (Å²) in [5.41, 5.74) is 0.819. The lowest BCUT2D eigenvalue weighted by Crippen LogP contribution is -2.05. The van der Waals surface area contributed by atoms with Crippen molar-refractivity contribution in [2.24, 2.45) is 0 Å². The molecule has 0 radical (unpaired) electrons. The van der Waals surface area contributed by atoms with E-state index in [0.29, 0.717) is 17.9 Å². The number of aromatic nitrogens is 4. The molecular weight excluding hydrogens is 337 g/mol. The van der Waals surface area contributed by atoms with Crippen molar-refractivity contribution >= 4 is 29.7 Å². The second-order valence-corrected chi connectivity index (χ2v) is 10.1. The Bertz CT molecular complexity index is 932. The molecule has 8 heteroatoms. The van der Waals surface area contributed by atoms with Gasteiger partial charge in [-0.3, -0.25) is 4.68 Å². The number of ether oxygens (including phenoxy) is 1. The van der Waals surface area contributed by atoms with Gasteiger partial charge < -0.3 is 14.6 Å². The molecule has 0 aliphatic heterocycles. The Kier molecular flexibility index (Phi) is 4.77. The molecule has 0 spiro atoms. The van der Waals surface area contributed by atoms with E-state index in [9.17, 15) is 4.57 Å².